The zero-order valence-electron chi connectivity index (χ0n) is 7.54. The predicted molar refractivity (Wildman–Crippen MR) is 47.8 cm³/mol. The van der Waals surface area contributed by atoms with Crippen molar-refractivity contribution < 1.29 is 9.90 Å². The van der Waals surface area contributed by atoms with E-state index in [0.717, 1.165) is 37.9 Å². The molecule has 0 aromatic heterocycles. The molecule has 0 bridgehead atoms. The van der Waals surface area contributed by atoms with Gasteiger partial charge in [-0.25, -0.2) is 0 Å². The van der Waals surface area contributed by atoms with Crippen molar-refractivity contribution in [3.05, 3.63) is 0 Å². The van der Waals surface area contributed by atoms with Gasteiger partial charge >= 0.3 is 0 Å². The van der Waals surface area contributed by atoms with E-state index in [9.17, 15) is 4.79 Å². The first-order valence-corrected chi connectivity index (χ1v) is 4.93. The van der Waals surface area contributed by atoms with Crippen molar-refractivity contribution in [3.63, 3.8) is 0 Å². The Morgan fingerprint density at radius 1 is 1.25 bits per heavy atom. The van der Waals surface area contributed by atoms with Crippen LogP contribution >= 0.6 is 0 Å². The molecule has 0 radical (unpaired) electrons. The van der Waals surface area contributed by atoms with E-state index >= 15 is 0 Å². The Labute approximate surface area is 74.0 Å². The zero-order chi connectivity index (χ0) is 8.81. The van der Waals surface area contributed by atoms with Crippen molar-refractivity contribution in [1.82, 2.24) is 0 Å². The Morgan fingerprint density at radius 2 is 1.92 bits per heavy atom. The number of aliphatic hydroxyl groups excluding tert-OH is 1. The second-order valence-corrected chi connectivity index (χ2v) is 3.78. The van der Waals surface area contributed by atoms with Crippen molar-refractivity contribution in [2.24, 2.45) is 11.8 Å². The molecule has 1 aliphatic carbocycles. The molecule has 1 rings (SSSR count). The molecule has 2 heteroatoms. The van der Waals surface area contributed by atoms with E-state index in [0.29, 0.717) is 12.5 Å². The maximum Gasteiger partial charge on any atom is 0.123 e. The standard InChI is InChI=1S/C10H18O2/c11-7-1-2-9-3-5-10(8-12)6-4-9/h8-11H,1-7H2. The van der Waals surface area contributed by atoms with Crippen LogP contribution in [0.2, 0.25) is 0 Å². The minimum Gasteiger partial charge on any atom is -0.396 e. The van der Waals surface area contributed by atoms with Crippen LogP contribution in [0.1, 0.15) is 38.5 Å². The topological polar surface area (TPSA) is 37.3 Å². The zero-order valence-corrected chi connectivity index (χ0v) is 7.54. The highest BCUT2D eigenvalue weighted by Gasteiger charge is 2.19. The monoisotopic (exact) mass is 170 g/mol. The fourth-order valence-electron chi connectivity index (χ4n) is 1.99. The van der Waals surface area contributed by atoms with Gasteiger partial charge in [-0.05, 0) is 44.4 Å². The third-order valence-electron chi connectivity index (χ3n) is 2.85. The molecule has 1 saturated carbocycles. The average molecular weight is 170 g/mol. The summed E-state index contributed by atoms with van der Waals surface area (Å²) in [5.74, 6) is 1.10. The molecular weight excluding hydrogens is 152 g/mol. The Morgan fingerprint density at radius 3 is 2.42 bits per heavy atom. The highest BCUT2D eigenvalue weighted by Crippen LogP contribution is 2.30. The molecule has 0 aromatic rings. The van der Waals surface area contributed by atoms with E-state index in [4.69, 9.17) is 5.11 Å². The van der Waals surface area contributed by atoms with E-state index in [-0.39, 0.29) is 0 Å². The summed E-state index contributed by atoms with van der Waals surface area (Å²) < 4.78 is 0. The molecule has 0 unspecified atom stereocenters. The summed E-state index contributed by atoms with van der Waals surface area (Å²) in [6.45, 7) is 0.313. The lowest BCUT2D eigenvalue weighted by molar-refractivity contribution is -0.112. The maximum atomic E-state index is 10.4. The molecule has 0 saturated heterocycles. The molecule has 0 aliphatic heterocycles. The lowest BCUT2D eigenvalue weighted by Crippen LogP contribution is -2.15. The largest absolute Gasteiger partial charge is 0.396 e. The van der Waals surface area contributed by atoms with E-state index in [1.807, 2.05) is 0 Å². The third-order valence-corrected chi connectivity index (χ3v) is 2.85. The summed E-state index contributed by atoms with van der Waals surface area (Å²) in [6, 6.07) is 0. The van der Waals surface area contributed by atoms with Crippen LogP contribution in [-0.2, 0) is 4.79 Å². The van der Waals surface area contributed by atoms with Gasteiger partial charge < -0.3 is 9.90 Å². The van der Waals surface area contributed by atoms with Crippen LogP contribution in [0.5, 0.6) is 0 Å². The Balaban J connectivity index is 2.12. The summed E-state index contributed by atoms with van der Waals surface area (Å²) in [5, 5.41) is 8.64. The van der Waals surface area contributed by atoms with Gasteiger partial charge in [0.15, 0.2) is 0 Å². The Bertz CT molecular complexity index is 126. The first-order chi connectivity index (χ1) is 5.86. The van der Waals surface area contributed by atoms with Crippen molar-refractivity contribution in [2.45, 2.75) is 38.5 Å². The van der Waals surface area contributed by atoms with E-state index in [2.05, 4.69) is 0 Å². The van der Waals surface area contributed by atoms with Gasteiger partial charge in [-0.2, -0.15) is 0 Å². The SMILES string of the molecule is O=CC1CCC(CCCO)CC1. The fourth-order valence-corrected chi connectivity index (χ4v) is 1.99. The normalized spacial score (nSPS) is 30.1. The van der Waals surface area contributed by atoms with Crippen LogP contribution in [0, 0.1) is 11.8 Å². The third kappa shape index (κ3) is 2.94. The van der Waals surface area contributed by atoms with Crippen LogP contribution in [0.25, 0.3) is 0 Å². The lowest BCUT2D eigenvalue weighted by Gasteiger charge is -2.24. The van der Waals surface area contributed by atoms with Crippen LogP contribution in [-0.4, -0.2) is 18.0 Å². The number of carbonyl (C=O) groups excluding carboxylic acids is 1. The number of carbonyl (C=O) groups is 1. The number of aldehydes is 1. The molecule has 1 fully saturated rings. The van der Waals surface area contributed by atoms with Crippen LogP contribution < -0.4 is 0 Å². The van der Waals surface area contributed by atoms with Crippen LogP contribution in [0.3, 0.4) is 0 Å². The van der Waals surface area contributed by atoms with Crippen LogP contribution in [0.15, 0.2) is 0 Å². The molecule has 0 atom stereocenters. The molecule has 70 valence electrons. The minimum absolute atomic E-state index is 0.313. The van der Waals surface area contributed by atoms with Gasteiger partial charge in [0.05, 0.1) is 0 Å². The molecule has 0 amide bonds. The van der Waals surface area contributed by atoms with Gasteiger partial charge in [-0.1, -0.05) is 0 Å². The number of hydrogen-bond acceptors (Lipinski definition) is 2. The Hall–Kier alpha value is -0.370. The molecule has 0 spiro atoms. The minimum atomic E-state index is 0.313. The van der Waals surface area contributed by atoms with Crippen molar-refractivity contribution >= 4 is 6.29 Å². The molecular formula is C10H18O2. The highest BCUT2D eigenvalue weighted by atomic mass is 16.2. The Kier molecular flexibility index (Phi) is 4.30. The first kappa shape index (κ1) is 9.72. The van der Waals surface area contributed by atoms with Crippen molar-refractivity contribution in [1.29, 1.82) is 0 Å². The summed E-state index contributed by atoms with van der Waals surface area (Å²) in [6.07, 6.45) is 7.67. The summed E-state index contributed by atoms with van der Waals surface area (Å²) in [5.41, 5.74) is 0. The van der Waals surface area contributed by atoms with Crippen molar-refractivity contribution in [3.8, 4) is 0 Å². The average Bonchev–Trinajstić information content (AvgIpc) is 2.15. The van der Waals surface area contributed by atoms with Gasteiger partial charge in [0.1, 0.15) is 6.29 Å². The summed E-state index contributed by atoms with van der Waals surface area (Å²) in [4.78, 5) is 10.4. The first-order valence-electron chi connectivity index (χ1n) is 4.93. The van der Waals surface area contributed by atoms with Gasteiger partial charge in [-0.3, -0.25) is 0 Å². The van der Waals surface area contributed by atoms with Gasteiger partial charge in [-0.15, -0.1) is 0 Å². The molecule has 1 aliphatic rings. The molecule has 0 aromatic carbocycles. The number of aliphatic hydroxyl groups is 1. The number of rotatable bonds is 4. The molecule has 12 heavy (non-hydrogen) atoms. The highest BCUT2D eigenvalue weighted by molar-refractivity contribution is 5.53. The number of hydrogen-bond donors (Lipinski definition) is 1. The maximum absolute atomic E-state index is 10.4. The van der Waals surface area contributed by atoms with E-state index in [1.165, 1.54) is 12.8 Å². The van der Waals surface area contributed by atoms with Gasteiger partial charge in [0.2, 0.25) is 0 Å². The fraction of sp³-hybridized carbons (Fsp3) is 0.900. The van der Waals surface area contributed by atoms with Crippen molar-refractivity contribution in [2.75, 3.05) is 6.61 Å². The molecule has 0 heterocycles. The second-order valence-electron chi connectivity index (χ2n) is 3.78. The molecule has 1 N–H and O–H groups in total. The second kappa shape index (κ2) is 5.31. The van der Waals surface area contributed by atoms with E-state index in [1.54, 1.807) is 0 Å². The van der Waals surface area contributed by atoms with Gasteiger partial charge in [0, 0.05) is 12.5 Å². The van der Waals surface area contributed by atoms with E-state index < -0.39 is 0 Å². The molecule has 2 nitrogen and oxygen atoms in total. The predicted octanol–water partition coefficient (Wildman–Crippen LogP) is 1.76. The quantitative estimate of drug-likeness (QED) is 0.653. The summed E-state index contributed by atoms with van der Waals surface area (Å²) >= 11 is 0. The lowest BCUT2D eigenvalue weighted by atomic mass is 9.81. The summed E-state index contributed by atoms with van der Waals surface area (Å²) in [7, 11) is 0. The van der Waals surface area contributed by atoms with Crippen LogP contribution in [0.4, 0.5) is 0 Å². The smallest absolute Gasteiger partial charge is 0.123 e. The van der Waals surface area contributed by atoms with Gasteiger partial charge in [0.25, 0.3) is 0 Å².